The van der Waals surface area contributed by atoms with E-state index in [1.54, 1.807) is 0 Å². The Balaban J connectivity index is 2.54. The highest BCUT2D eigenvalue weighted by atomic mass is 14.5. The first-order chi connectivity index (χ1) is 5.95. The zero-order chi connectivity index (χ0) is 10.1. The number of rotatable bonds is 3. The fraction of sp³-hybridized carbons (Fsp3) is 0.750. The predicted molar refractivity (Wildman–Crippen MR) is 55.0 cm³/mol. The maximum atomic E-state index is 8.90. The molecule has 1 fully saturated rings. The molecule has 0 aromatic rings. The first kappa shape index (κ1) is 10.3. The average Bonchev–Trinajstić information content (AvgIpc) is 2.56. The van der Waals surface area contributed by atoms with Crippen molar-refractivity contribution in [1.82, 2.24) is 0 Å². The summed E-state index contributed by atoms with van der Waals surface area (Å²) in [5, 5.41) is 8.90. The molecule has 1 unspecified atom stereocenters. The van der Waals surface area contributed by atoms with Crippen LogP contribution in [0.4, 0.5) is 0 Å². The van der Waals surface area contributed by atoms with E-state index in [0.29, 0.717) is 17.3 Å². The molecule has 1 rings (SSSR count). The van der Waals surface area contributed by atoms with E-state index in [0.717, 1.165) is 12.0 Å². The first-order valence-corrected chi connectivity index (χ1v) is 5.06. The fourth-order valence-corrected chi connectivity index (χ4v) is 1.63. The van der Waals surface area contributed by atoms with Crippen molar-refractivity contribution in [2.24, 2.45) is 17.3 Å². The van der Waals surface area contributed by atoms with Gasteiger partial charge in [-0.3, -0.25) is 0 Å². The molecule has 0 aliphatic heterocycles. The summed E-state index contributed by atoms with van der Waals surface area (Å²) in [5.74, 6) is 1.24. The summed E-state index contributed by atoms with van der Waals surface area (Å²) in [6.45, 7) is 8.84. The van der Waals surface area contributed by atoms with Gasteiger partial charge >= 0.3 is 0 Å². The Morgan fingerprint density at radius 2 is 2.15 bits per heavy atom. The van der Waals surface area contributed by atoms with Gasteiger partial charge in [0.05, 0.1) is 6.07 Å². The lowest BCUT2D eigenvalue weighted by molar-refractivity contribution is 0.603. The molecule has 0 aromatic heterocycles. The van der Waals surface area contributed by atoms with E-state index in [9.17, 15) is 0 Å². The molecule has 1 atom stereocenters. The van der Waals surface area contributed by atoms with Gasteiger partial charge in [0.25, 0.3) is 0 Å². The fourth-order valence-electron chi connectivity index (χ4n) is 1.63. The molecule has 1 aliphatic carbocycles. The minimum Gasteiger partial charge on any atom is -0.193 e. The summed E-state index contributed by atoms with van der Waals surface area (Å²) in [7, 11) is 0. The van der Waals surface area contributed by atoms with Crippen molar-refractivity contribution in [2.45, 2.75) is 40.5 Å². The monoisotopic (exact) mass is 177 g/mol. The third kappa shape index (κ3) is 2.88. The van der Waals surface area contributed by atoms with Crippen LogP contribution in [0.1, 0.15) is 40.5 Å². The van der Waals surface area contributed by atoms with Crippen LogP contribution in [-0.4, -0.2) is 0 Å². The van der Waals surface area contributed by atoms with Gasteiger partial charge in [0, 0.05) is 5.57 Å². The smallest absolute Gasteiger partial charge is 0.0943 e. The third-order valence-corrected chi connectivity index (χ3v) is 2.76. The highest BCUT2D eigenvalue weighted by molar-refractivity contribution is 5.25. The standard InChI is InChI=1S/C12H19N/c1-9(2)5-10(8-13)6-11-7-12(11,3)4/h6,9,11H,5,7H2,1-4H3. The second-order valence-corrected chi connectivity index (χ2v) is 5.20. The van der Waals surface area contributed by atoms with Crippen LogP contribution in [0.5, 0.6) is 0 Å². The van der Waals surface area contributed by atoms with Crippen LogP contribution >= 0.6 is 0 Å². The van der Waals surface area contributed by atoms with Crippen LogP contribution in [0.25, 0.3) is 0 Å². The molecule has 72 valence electrons. The lowest BCUT2D eigenvalue weighted by atomic mass is 10.0. The number of nitriles is 1. The van der Waals surface area contributed by atoms with E-state index in [4.69, 9.17) is 5.26 Å². The van der Waals surface area contributed by atoms with Crippen molar-refractivity contribution in [3.63, 3.8) is 0 Å². The largest absolute Gasteiger partial charge is 0.193 e. The number of hydrogen-bond acceptors (Lipinski definition) is 1. The molecule has 0 spiro atoms. The molecule has 0 N–H and O–H groups in total. The summed E-state index contributed by atoms with van der Waals surface area (Å²) in [4.78, 5) is 0. The molecule has 1 heteroatoms. The van der Waals surface area contributed by atoms with Crippen molar-refractivity contribution in [2.75, 3.05) is 0 Å². The van der Waals surface area contributed by atoms with E-state index >= 15 is 0 Å². The lowest BCUT2D eigenvalue weighted by Crippen LogP contribution is -1.92. The van der Waals surface area contributed by atoms with Gasteiger partial charge in [-0.25, -0.2) is 0 Å². The van der Waals surface area contributed by atoms with Gasteiger partial charge in [-0.05, 0) is 30.1 Å². The van der Waals surface area contributed by atoms with Crippen molar-refractivity contribution in [3.8, 4) is 6.07 Å². The van der Waals surface area contributed by atoms with E-state index in [1.165, 1.54) is 6.42 Å². The molecule has 0 radical (unpaired) electrons. The van der Waals surface area contributed by atoms with Gasteiger partial charge < -0.3 is 0 Å². The highest BCUT2D eigenvalue weighted by Gasteiger charge is 2.43. The number of hydrogen-bond donors (Lipinski definition) is 0. The number of nitrogens with zero attached hydrogens (tertiary/aromatic N) is 1. The molecule has 1 aliphatic rings. The van der Waals surface area contributed by atoms with Crippen LogP contribution in [0.15, 0.2) is 11.6 Å². The molecule has 0 heterocycles. The Morgan fingerprint density at radius 3 is 2.46 bits per heavy atom. The van der Waals surface area contributed by atoms with Gasteiger partial charge in [-0.15, -0.1) is 0 Å². The highest BCUT2D eigenvalue weighted by Crippen LogP contribution is 2.52. The summed E-state index contributed by atoms with van der Waals surface area (Å²) in [5.41, 5.74) is 1.43. The van der Waals surface area contributed by atoms with Gasteiger partial charge in [0.2, 0.25) is 0 Å². The Labute approximate surface area is 81.5 Å². The minimum absolute atomic E-state index is 0.457. The molecule has 1 nitrogen and oxygen atoms in total. The van der Waals surface area contributed by atoms with E-state index in [2.05, 4.69) is 39.8 Å². The summed E-state index contributed by atoms with van der Waals surface area (Å²) < 4.78 is 0. The quantitative estimate of drug-likeness (QED) is 0.605. The molecule has 0 saturated heterocycles. The Morgan fingerprint density at radius 1 is 1.62 bits per heavy atom. The zero-order valence-corrected chi connectivity index (χ0v) is 9.09. The van der Waals surface area contributed by atoms with Gasteiger partial charge in [-0.2, -0.15) is 5.26 Å². The van der Waals surface area contributed by atoms with Crippen LogP contribution in [0.2, 0.25) is 0 Å². The minimum atomic E-state index is 0.457. The second kappa shape index (κ2) is 3.54. The Kier molecular flexibility index (Phi) is 2.81. The molecule has 0 bridgehead atoms. The first-order valence-electron chi connectivity index (χ1n) is 5.06. The molecule has 0 aromatic carbocycles. The van der Waals surface area contributed by atoms with Crippen molar-refractivity contribution in [1.29, 1.82) is 5.26 Å². The van der Waals surface area contributed by atoms with Crippen LogP contribution < -0.4 is 0 Å². The van der Waals surface area contributed by atoms with Crippen LogP contribution in [0.3, 0.4) is 0 Å². The van der Waals surface area contributed by atoms with Crippen molar-refractivity contribution < 1.29 is 0 Å². The molecule has 0 amide bonds. The van der Waals surface area contributed by atoms with Crippen molar-refractivity contribution >= 4 is 0 Å². The summed E-state index contributed by atoms with van der Waals surface area (Å²) in [6.07, 6.45) is 4.36. The van der Waals surface area contributed by atoms with Crippen LogP contribution in [0, 0.1) is 28.6 Å². The zero-order valence-electron chi connectivity index (χ0n) is 9.09. The average molecular weight is 177 g/mol. The Hall–Kier alpha value is -0.770. The summed E-state index contributed by atoms with van der Waals surface area (Å²) >= 11 is 0. The second-order valence-electron chi connectivity index (χ2n) is 5.20. The molecule has 13 heavy (non-hydrogen) atoms. The SMILES string of the molecule is CC(C)CC(C#N)=CC1CC1(C)C. The molecular formula is C12H19N. The van der Waals surface area contributed by atoms with Crippen molar-refractivity contribution in [3.05, 3.63) is 11.6 Å². The molecule has 1 saturated carbocycles. The molecular weight excluding hydrogens is 158 g/mol. The Bertz CT molecular complexity index is 253. The maximum Gasteiger partial charge on any atom is 0.0943 e. The third-order valence-electron chi connectivity index (χ3n) is 2.76. The maximum absolute atomic E-state index is 8.90. The van der Waals surface area contributed by atoms with Crippen LogP contribution in [-0.2, 0) is 0 Å². The van der Waals surface area contributed by atoms with Gasteiger partial charge in [0.1, 0.15) is 0 Å². The van der Waals surface area contributed by atoms with E-state index in [1.807, 2.05) is 0 Å². The normalized spacial score (nSPS) is 25.8. The van der Waals surface area contributed by atoms with Gasteiger partial charge in [0.15, 0.2) is 0 Å². The predicted octanol–water partition coefficient (Wildman–Crippen LogP) is 3.53. The van der Waals surface area contributed by atoms with Gasteiger partial charge in [-0.1, -0.05) is 33.8 Å². The summed E-state index contributed by atoms with van der Waals surface area (Å²) in [6, 6.07) is 2.30. The number of allylic oxidation sites excluding steroid dienone is 2. The van der Waals surface area contributed by atoms with E-state index < -0.39 is 0 Å². The van der Waals surface area contributed by atoms with E-state index in [-0.39, 0.29) is 0 Å². The lowest BCUT2D eigenvalue weighted by Gasteiger charge is -2.03. The topological polar surface area (TPSA) is 23.8 Å².